The number of halogens is 1. The number of benzene rings is 2. The quantitative estimate of drug-likeness (QED) is 0.869. The molecule has 0 spiro atoms. The maximum absolute atomic E-state index is 12.3. The fraction of sp³-hybridized carbons (Fsp3) is 0.118. The van der Waals surface area contributed by atoms with Gasteiger partial charge in [-0.3, -0.25) is 4.79 Å². The van der Waals surface area contributed by atoms with E-state index in [-0.39, 0.29) is 17.3 Å². The predicted octanol–water partition coefficient (Wildman–Crippen LogP) is 3.68. The first-order valence-electron chi connectivity index (χ1n) is 6.72. The lowest BCUT2D eigenvalue weighted by Crippen LogP contribution is -1.98. The summed E-state index contributed by atoms with van der Waals surface area (Å²) in [6, 6.07) is 7.70. The third-order valence-electron chi connectivity index (χ3n) is 3.41. The van der Waals surface area contributed by atoms with Crippen molar-refractivity contribution in [2.75, 3.05) is 14.2 Å². The van der Waals surface area contributed by atoms with Crippen LogP contribution >= 0.6 is 11.6 Å². The summed E-state index contributed by atoms with van der Waals surface area (Å²) in [6.07, 6.45) is 1.56. The minimum absolute atomic E-state index is 0.0342. The summed E-state index contributed by atoms with van der Waals surface area (Å²) in [5, 5.41) is 9.82. The SMILES string of the molecule is COc1cc(/C=C2/Oc3cc(O)ccc3C2=O)cc(Cl)c1OC. The van der Waals surface area contributed by atoms with E-state index in [1.54, 1.807) is 18.2 Å². The van der Waals surface area contributed by atoms with Gasteiger partial charge in [0.15, 0.2) is 17.3 Å². The van der Waals surface area contributed by atoms with Crippen molar-refractivity contribution in [1.82, 2.24) is 0 Å². The molecule has 0 aromatic heterocycles. The Balaban J connectivity index is 2.01. The average Bonchev–Trinajstić information content (AvgIpc) is 2.82. The monoisotopic (exact) mass is 332 g/mol. The molecule has 0 saturated heterocycles. The van der Waals surface area contributed by atoms with Crippen molar-refractivity contribution < 1.29 is 24.1 Å². The second kappa shape index (κ2) is 5.85. The second-order valence-corrected chi connectivity index (χ2v) is 5.27. The van der Waals surface area contributed by atoms with Gasteiger partial charge < -0.3 is 19.3 Å². The van der Waals surface area contributed by atoms with Crippen molar-refractivity contribution in [2.45, 2.75) is 0 Å². The van der Waals surface area contributed by atoms with Crippen LogP contribution in [0.15, 0.2) is 36.1 Å². The Morgan fingerprint density at radius 2 is 1.96 bits per heavy atom. The van der Waals surface area contributed by atoms with Crippen molar-refractivity contribution in [3.05, 3.63) is 52.2 Å². The topological polar surface area (TPSA) is 65.0 Å². The molecule has 23 heavy (non-hydrogen) atoms. The molecule has 6 heteroatoms. The van der Waals surface area contributed by atoms with Gasteiger partial charge in [-0.05, 0) is 35.9 Å². The number of hydrogen-bond donors (Lipinski definition) is 1. The number of rotatable bonds is 3. The first-order chi connectivity index (χ1) is 11.0. The smallest absolute Gasteiger partial charge is 0.231 e. The molecule has 0 fully saturated rings. The first kappa shape index (κ1) is 15.2. The molecule has 0 unspecified atom stereocenters. The van der Waals surface area contributed by atoms with Crippen LogP contribution in [0.1, 0.15) is 15.9 Å². The van der Waals surface area contributed by atoms with Crippen molar-refractivity contribution in [2.24, 2.45) is 0 Å². The molecular weight excluding hydrogens is 320 g/mol. The molecule has 1 N–H and O–H groups in total. The number of allylic oxidation sites excluding steroid dienone is 1. The van der Waals surface area contributed by atoms with Gasteiger partial charge in [0.25, 0.3) is 0 Å². The number of ketones is 1. The zero-order valence-corrected chi connectivity index (χ0v) is 13.2. The minimum Gasteiger partial charge on any atom is -0.508 e. The zero-order chi connectivity index (χ0) is 16.6. The van der Waals surface area contributed by atoms with Crippen LogP contribution in [0.5, 0.6) is 23.0 Å². The zero-order valence-electron chi connectivity index (χ0n) is 12.4. The van der Waals surface area contributed by atoms with E-state index in [0.717, 1.165) is 0 Å². The van der Waals surface area contributed by atoms with E-state index in [1.165, 1.54) is 32.4 Å². The Kier molecular flexibility index (Phi) is 3.88. The molecule has 1 heterocycles. The number of carbonyl (C=O) groups excluding carboxylic acids is 1. The van der Waals surface area contributed by atoms with Crippen molar-refractivity contribution >= 4 is 23.5 Å². The predicted molar refractivity (Wildman–Crippen MR) is 85.6 cm³/mol. The number of methoxy groups -OCH3 is 2. The van der Waals surface area contributed by atoms with Crippen LogP contribution in [0, 0.1) is 0 Å². The highest BCUT2D eigenvalue weighted by Gasteiger charge is 2.27. The Bertz CT molecular complexity index is 826. The van der Waals surface area contributed by atoms with Crippen LogP contribution in [0.25, 0.3) is 6.08 Å². The van der Waals surface area contributed by atoms with Gasteiger partial charge in [0.2, 0.25) is 5.78 Å². The molecule has 0 atom stereocenters. The molecule has 1 aliphatic rings. The van der Waals surface area contributed by atoms with E-state index in [1.807, 2.05) is 0 Å². The Morgan fingerprint density at radius 3 is 2.65 bits per heavy atom. The Labute approximate surface area is 137 Å². The molecule has 0 amide bonds. The molecule has 3 rings (SSSR count). The largest absolute Gasteiger partial charge is 0.508 e. The van der Waals surface area contributed by atoms with E-state index in [9.17, 15) is 9.90 Å². The number of ether oxygens (including phenoxy) is 3. The number of hydrogen-bond acceptors (Lipinski definition) is 5. The maximum atomic E-state index is 12.3. The third-order valence-corrected chi connectivity index (χ3v) is 3.69. The number of phenols is 1. The van der Waals surface area contributed by atoms with Gasteiger partial charge in [0.1, 0.15) is 11.5 Å². The minimum atomic E-state index is -0.258. The summed E-state index contributed by atoms with van der Waals surface area (Å²) in [7, 11) is 3.00. The summed E-state index contributed by atoms with van der Waals surface area (Å²) >= 11 is 6.15. The normalized spacial score (nSPS) is 14.6. The van der Waals surface area contributed by atoms with Crippen molar-refractivity contribution in [3.8, 4) is 23.0 Å². The second-order valence-electron chi connectivity index (χ2n) is 4.86. The highest BCUT2D eigenvalue weighted by Crippen LogP contribution is 2.38. The van der Waals surface area contributed by atoms with Crippen molar-refractivity contribution in [1.29, 1.82) is 0 Å². The van der Waals surface area contributed by atoms with Crippen LogP contribution < -0.4 is 14.2 Å². The molecule has 2 aromatic carbocycles. The van der Waals surface area contributed by atoms with Crippen LogP contribution in [0.3, 0.4) is 0 Å². The summed E-state index contributed by atoms with van der Waals surface area (Å²) < 4.78 is 15.9. The van der Waals surface area contributed by atoms with Crippen LogP contribution in [0.2, 0.25) is 5.02 Å². The van der Waals surface area contributed by atoms with Gasteiger partial charge >= 0.3 is 0 Å². The molecule has 2 aromatic rings. The fourth-order valence-electron chi connectivity index (χ4n) is 2.35. The molecule has 0 aliphatic carbocycles. The molecule has 5 nitrogen and oxygen atoms in total. The van der Waals surface area contributed by atoms with Gasteiger partial charge in [0, 0.05) is 6.07 Å². The molecular formula is C17H13ClO5. The Morgan fingerprint density at radius 1 is 1.17 bits per heavy atom. The van der Waals surface area contributed by atoms with Gasteiger partial charge in [-0.2, -0.15) is 0 Å². The van der Waals surface area contributed by atoms with Gasteiger partial charge in [-0.25, -0.2) is 0 Å². The van der Waals surface area contributed by atoms with Gasteiger partial charge in [-0.1, -0.05) is 11.6 Å². The summed E-state index contributed by atoms with van der Waals surface area (Å²) in [5.74, 6) is 1.12. The number of fused-ring (bicyclic) bond motifs is 1. The molecule has 118 valence electrons. The van der Waals surface area contributed by atoms with E-state index < -0.39 is 0 Å². The maximum Gasteiger partial charge on any atom is 0.231 e. The van der Waals surface area contributed by atoms with Crippen LogP contribution in [-0.4, -0.2) is 25.1 Å². The lowest BCUT2D eigenvalue weighted by Gasteiger charge is -2.10. The summed E-state index contributed by atoms with van der Waals surface area (Å²) in [4.78, 5) is 12.3. The first-order valence-corrected chi connectivity index (χ1v) is 7.10. The number of aromatic hydroxyl groups is 1. The summed E-state index contributed by atoms with van der Waals surface area (Å²) in [5.41, 5.74) is 1.04. The van der Waals surface area contributed by atoms with E-state index in [2.05, 4.69) is 0 Å². The van der Waals surface area contributed by atoms with Gasteiger partial charge in [-0.15, -0.1) is 0 Å². The highest BCUT2D eigenvalue weighted by atomic mass is 35.5. The van der Waals surface area contributed by atoms with Crippen molar-refractivity contribution in [3.63, 3.8) is 0 Å². The fourth-order valence-corrected chi connectivity index (χ4v) is 2.64. The lowest BCUT2D eigenvalue weighted by atomic mass is 10.1. The van der Waals surface area contributed by atoms with Crippen LogP contribution in [-0.2, 0) is 0 Å². The summed E-state index contributed by atoms with van der Waals surface area (Å²) in [6.45, 7) is 0. The Hall–Kier alpha value is -2.66. The standard InChI is InChI=1S/C17H13ClO5/c1-21-15-7-9(5-12(18)17(15)22-2)6-14-16(20)11-4-3-10(19)8-13(11)23-14/h3-8,19H,1-2H3/b14-6+. The van der Waals surface area contributed by atoms with E-state index in [4.69, 9.17) is 25.8 Å². The lowest BCUT2D eigenvalue weighted by molar-refractivity contribution is 0.101. The number of phenolic OH excluding ortho intramolecular Hbond substituents is 1. The van der Waals surface area contributed by atoms with E-state index >= 15 is 0 Å². The number of carbonyl (C=O) groups is 1. The molecule has 0 saturated carbocycles. The average molecular weight is 333 g/mol. The van der Waals surface area contributed by atoms with Gasteiger partial charge in [0.05, 0.1) is 24.8 Å². The number of Topliss-reactive ketones (excluding diaryl/α,β-unsaturated/α-hetero) is 1. The molecule has 1 aliphatic heterocycles. The molecule has 0 bridgehead atoms. The van der Waals surface area contributed by atoms with Crippen LogP contribution in [0.4, 0.5) is 0 Å². The molecule has 0 radical (unpaired) electrons. The van der Waals surface area contributed by atoms with E-state index in [0.29, 0.717) is 33.4 Å². The third kappa shape index (κ3) is 2.71. The highest BCUT2D eigenvalue weighted by molar-refractivity contribution is 6.32.